The Hall–Kier alpha value is -0.420. The molecule has 0 aliphatic heterocycles. The summed E-state index contributed by atoms with van der Waals surface area (Å²) in [6.45, 7) is 0. The second-order valence-electron chi connectivity index (χ2n) is 2.87. The second kappa shape index (κ2) is 3.56. The molecule has 0 spiro atoms. The van der Waals surface area contributed by atoms with Crippen molar-refractivity contribution in [1.29, 1.82) is 0 Å². The number of hydrogen-bond acceptors (Lipinski definition) is 2. The Morgan fingerprint density at radius 3 is 2.53 bits per heavy atom. The first kappa shape index (κ1) is 11.1. The standard InChI is InChI=1S/C8H4Cl3NO2S/c9-5-3-6(15(11,13)14)7(10)4-1-2-12-8(4)5/h1-3,12H. The van der Waals surface area contributed by atoms with Gasteiger partial charge >= 0.3 is 0 Å². The van der Waals surface area contributed by atoms with Gasteiger partial charge in [-0.15, -0.1) is 0 Å². The molecule has 0 aliphatic carbocycles. The fourth-order valence-corrected chi connectivity index (χ4v) is 3.22. The number of rotatable bonds is 1. The zero-order chi connectivity index (χ0) is 11.2. The third-order valence-corrected chi connectivity index (χ3v) is 4.12. The number of aromatic nitrogens is 1. The molecule has 0 saturated carbocycles. The summed E-state index contributed by atoms with van der Waals surface area (Å²) in [5.41, 5.74) is 0.589. The highest BCUT2D eigenvalue weighted by Gasteiger charge is 2.19. The quantitative estimate of drug-likeness (QED) is 0.816. The molecule has 2 aromatic rings. The minimum absolute atomic E-state index is 0.0747. The predicted molar refractivity (Wildman–Crippen MR) is 61.4 cm³/mol. The Bertz CT molecular complexity index is 633. The zero-order valence-corrected chi connectivity index (χ0v) is 10.2. The van der Waals surface area contributed by atoms with Gasteiger partial charge < -0.3 is 4.98 Å². The Labute approximate surface area is 100 Å². The van der Waals surface area contributed by atoms with E-state index in [1.807, 2.05) is 0 Å². The summed E-state index contributed by atoms with van der Waals surface area (Å²) in [5, 5.41) is 0.868. The Morgan fingerprint density at radius 1 is 1.27 bits per heavy atom. The lowest BCUT2D eigenvalue weighted by molar-refractivity contribution is 0.610. The average molecular weight is 285 g/mol. The van der Waals surface area contributed by atoms with E-state index in [-0.39, 0.29) is 14.9 Å². The van der Waals surface area contributed by atoms with Crippen molar-refractivity contribution in [2.75, 3.05) is 0 Å². The van der Waals surface area contributed by atoms with Gasteiger partial charge in [0.25, 0.3) is 9.05 Å². The first-order valence-electron chi connectivity index (χ1n) is 3.81. The number of nitrogens with one attached hydrogen (secondary N) is 1. The maximum Gasteiger partial charge on any atom is 0.262 e. The van der Waals surface area contributed by atoms with E-state index in [2.05, 4.69) is 4.98 Å². The van der Waals surface area contributed by atoms with E-state index in [9.17, 15) is 8.42 Å². The van der Waals surface area contributed by atoms with Gasteiger partial charge in [0.15, 0.2) is 0 Å². The molecule has 3 nitrogen and oxygen atoms in total. The van der Waals surface area contributed by atoms with Crippen molar-refractivity contribution in [3.05, 3.63) is 28.4 Å². The molecule has 0 atom stereocenters. The van der Waals surface area contributed by atoms with Gasteiger partial charge in [0, 0.05) is 22.3 Å². The zero-order valence-electron chi connectivity index (χ0n) is 7.09. The number of H-pyrrole nitrogens is 1. The lowest BCUT2D eigenvalue weighted by Crippen LogP contribution is -1.92. The van der Waals surface area contributed by atoms with Crippen LogP contribution in [-0.4, -0.2) is 13.4 Å². The van der Waals surface area contributed by atoms with Gasteiger partial charge in [0.2, 0.25) is 0 Å². The molecule has 2 rings (SSSR count). The molecule has 0 radical (unpaired) electrons. The van der Waals surface area contributed by atoms with Crippen LogP contribution in [0.2, 0.25) is 10.0 Å². The van der Waals surface area contributed by atoms with Crippen LogP contribution in [0, 0.1) is 0 Å². The Kier molecular flexibility index (Phi) is 2.63. The molecule has 0 unspecified atom stereocenters. The van der Waals surface area contributed by atoms with E-state index in [1.54, 1.807) is 12.3 Å². The molecule has 0 saturated heterocycles. The number of benzene rings is 1. The van der Waals surface area contributed by atoms with Crippen LogP contribution >= 0.6 is 33.9 Å². The van der Waals surface area contributed by atoms with Gasteiger partial charge in [-0.3, -0.25) is 0 Å². The minimum atomic E-state index is -3.88. The smallest absolute Gasteiger partial charge is 0.262 e. The van der Waals surface area contributed by atoms with Crippen LogP contribution in [0.5, 0.6) is 0 Å². The fraction of sp³-hybridized carbons (Fsp3) is 0. The highest BCUT2D eigenvalue weighted by atomic mass is 35.7. The molecular formula is C8H4Cl3NO2S. The van der Waals surface area contributed by atoms with Crippen LogP contribution < -0.4 is 0 Å². The van der Waals surface area contributed by atoms with Crippen molar-refractivity contribution in [1.82, 2.24) is 4.98 Å². The predicted octanol–water partition coefficient (Wildman–Crippen LogP) is 3.40. The van der Waals surface area contributed by atoms with Crippen LogP contribution in [0.3, 0.4) is 0 Å². The molecule has 1 aromatic carbocycles. The van der Waals surface area contributed by atoms with Gasteiger partial charge in [-0.1, -0.05) is 23.2 Å². The monoisotopic (exact) mass is 283 g/mol. The van der Waals surface area contributed by atoms with E-state index in [4.69, 9.17) is 33.9 Å². The first-order chi connectivity index (χ1) is 6.91. The first-order valence-corrected chi connectivity index (χ1v) is 6.87. The highest BCUT2D eigenvalue weighted by Crippen LogP contribution is 2.36. The van der Waals surface area contributed by atoms with Crippen LogP contribution in [0.25, 0.3) is 10.9 Å². The van der Waals surface area contributed by atoms with E-state index in [1.165, 1.54) is 6.07 Å². The number of hydrogen-bond donors (Lipinski definition) is 1. The van der Waals surface area contributed by atoms with Crippen molar-refractivity contribution in [2.45, 2.75) is 4.90 Å². The normalized spacial score (nSPS) is 12.2. The largest absolute Gasteiger partial charge is 0.360 e. The van der Waals surface area contributed by atoms with Gasteiger partial charge in [-0.05, 0) is 12.1 Å². The van der Waals surface area contributed by atoms with E-state index >= 15 is 0 Å². The third-order valence-electron chi connectivity index (χ3n) is 1.96. The maximum atomic E-state index is 11.2. The SMILES string of the molecule is O=S(=O)(Cl)c1cc(Cl)c2[nH]ccc2c1Cl. The molecule has 1 N–H and O–H groups in total. The second-order valence-corrected chi connectivity index (χ2v) is 6.19. The summed E-state index contributed by atoms with van der Waals surface area (Å²) in [5.74, 6) is 0. The summed E-state index contributed by atoms with van der Waals surface area (Å²) < 4.78 is 22.4. The Morgan fingerprint density at radius 2 is 1.93 bits per heavy atom. The molecule has 15 heavy (non-hydrogen) atoms. The molecule has 1 aromatic heterocycles. The molecule has 80 valence electrons. The molecule has 0 bridgehead atoms. The summed E-state index contributed by atoms with van der Waals surface area (Å²) >= 11 is 11.8. The average Bonchev–Trinajstić information content (AvgIpc) is 2.58. The highest BCUT2D eigenvalue weighted by molar-refractivity contribution is 8.13. The maximum absolute atomic E-state index is 11.2. The Balaban J connectivity index is 2.95. The number of halogens is 3. The lowest BCUT2D eigenvalue weighted by Gasteiger charge is -2.03. The molecule has 0 fully saturated rings. The summed E-state index contributed by atoms with van der Waals surface area (Å²) in [6.07, 6.45) is 1.62. The third kappa shape index (κ3) is 1.83. The van der Waals surface area contributed by atoms with Crippen molar-refractivity contribution >= 4 is 53.8 Å². The number of fused-ring (bicyclic) bond motifs is 1. The van der Waals surface area contributed by atoms with Crippen molar-refractivity contribution in [3.8, 4) is 0 Å². The van der Waals surface area contributed by atoms with Gasteiger partial charge in [-0.2, -0.15) is 0 Å². The van der Waals surface area contributed by atoms with Crippen LogP contribution in [0.1, 0.15) is 0 Å². The van der Waals surface area contributed by atoms with Gasteiger partial charge in [0.05, 0.1) is 15.6 Å². The van der Waals surface area contributed by atoms with Gasteiger partial charge in [-0.25, -0.2) is 8.42 Å². The van der Waals surface area contributed by atoms with E-state index in [0.717, 1.165) is 0 Å². The summed E-state index contributed by atoms with van der Waals surface area (Å²) in [4.78, 5) is 2.68. The molecule has 7 heteroatoms. The van der Waals surface area contributed by atoms with Crippen molar-refractivity contribution < 1.29 is 8.42 Å². The number of aromatic amines is 1. The van der Waals surface area contributed by atoms with Crippen LogP contribution in [-0.2, 0) is 9.05 Å². The van der Waals surface area contributed by atoms with Crippen LogP contribution in [0.15, 0.2) is 23.2 Å². The summed E-state index contributed by atoms with van der Waals surface area (Å²) in [7, 11) is 1.34. The molecule has 1 heterocycles. The summed E-state index contributed by atoms with van der Waals surface area (Å²) in [6, 6.07) is 2.86. The van der Waals surface area contributed by atoms with Crippen LogP contribution in [0.4, 0.5) is 0 Å². The topological polar surface area (TPSA) is 49.9 Å². The van der Waals surface area contributed by atoms with Crippen molar-refractivity contribution in [3.63, 3.8) is 0 Å². The van der Waals surface area contributed by atoms with Gasteiger partial charge in [0.1, 0.15) is 4.90 Å². The molecule has 0 aliphatic rings. The molecule has 0 amide bonds. The van der Waals surface area contributed by atoms with E-state index < -0.39 is 9.05 Å². The minimum Gasteiger partial charge on any atom is -0.360 e. The van der Waals surface area contributed by atoms with E-state index in [0.29, 0.717) is 10.9 Å². The fourth-order valence-electron chi connectivity index (χ4n) is 1.31. The lowest BCUT2D eigenvalue weighted by atomic mass is 10.2. The van der Waals surface area contributed by atoms with Crippen molar-refractivity contribution in [2.24, 2.45) is 0 Å². The molecular weight excluding hydrogens is 281 g/mol.